The number of nitrogens with one attached hydrogen (secondary N) is 2. The van der Waals surface area contributed by atoms with Gasteiger partial charge in [-0.05, 0) is 89.5 Å². The average Bonchev–Trinajstić information content (AvgIpc) is 3.63. The first-order valence-corrected chi connectivity index (χ1v) is 38.2. The van der Waals surface area contributed by atoms with Crippen molar-refractivity contribution in [2.75, 3.05) is 189 Å². The second-order valence-corrected chi connectivity index (χ2v) is 25.2. The van der Waals surface area contributed by atoms with Crippen molar-refractivity contribution in [3.8, 4) is 0 Å². The van der Waals surface area contributed by atoms with Gasteiger partial charge in [0.1, 0.15) is 7.58 Å². The standard InChI is InChI=1S/C9H20N2O.C9H19NO3S.C8H18N2O.C8H17NO3S.C7H15NO.C6H13NO.CH3OPS.CH4.4O3S/c1-2-3-10-4-6-11(7-5-10)8-9-12;11-14(12,13)8-4-7-10-9-5-2-1-3-6-9;1-2-9-3-5-10(6-4-9)7-8-11;10-13(11,12)7-6-9-8-4-2-1-3-5-8;1-2-3-8-4-6-9-7-5-8;1-2-7-3-5-8-6-4-7;1-2-3-4;;4*1-4(2)3/h12H,2-9H2,1H3;9-10H,1-8H2,(H,11,12,13);11H,2-8H2,1H3;8-9H,1-7H2,(H,10,11,12);2-7H2,1H3;2-6H2,1H3;1H3;1H4;;;;. The molecule has 88 heavy (non-hydrogen) atoms. The molecule has 0 amide bonds. The van der Waals surface area contributed by atoms with Crippen LogP contribution in [0.3, 0.4) is 0 Å². The van der Waals surface area contributed by atoms with Crippen LogP contribution in [0.2, 0.25) is 0 Å². The number of ether oxygens (including phenoxy) is 2. The van der Waals surface area contributed by atoms with Crippen LogP contribution >= 0.6 is 7.58 Å². The summed E-state index contributed by atoms with van der Waals surface area (Å²) in [6.07, 6.45) is 15.3. The molecule has 530 valence electrons. The Morgan fingerprint density at radius 2 is 0.727 bits per heavy atom. The van der Waals surface area contributed by atoms with Gasteiger partial charge in [-0.15, -0.1) is 50.5 Å². The second kappa shape index (κ2) is 69.6. The van der Waals surface area contributed by atoms with Crippen LogP contribution in [0, 0.1) is 0 Å². The largest absolute Gasteiger partial charge is 0.425 e. The topological polar surface area (TPSA) is 425 Å². The van der Waals surface area contributed by atoms with Gasteiger partial charge in [-0.1, -0.05) is 73.6 Å². The molecule has 0 bridgehead atoms. The maximum Gasteiger partial charge on any atom is 0.425 e. The molecule has 4 aliphatic heterocycles. The minimum absolute atomic E-state index is 0. The van der Waals surface area contributed by atoms with E-state index in [4.69, 9.17) is 79.3 Å². The van der Waals surface area contributed by atoms with E-state index in [-0.39, 0.29) is 18.9 Å². The van der Waals surface area contributed by atoms with Crippen LogP contribution in [0.5, 0.6) is 0 Å². The van der Waals surface area contributed by atoms with Gasteiger partial charge in [0.2, 0.25) is 0 Å². The van der Waals surface area contributed by atoms with E-state index in [0.29, 0.717) is 52.4 Å². The molecule has 0 radical (unpaired) electrons. The van der Waals surface area contributed by atoms with Crippen molar-refractivity contribution < 1.29 is 101 Å². The van der Waals surface area contributed by atoms with E-state index in [1.807, 2.05) is 0 Å². The quantitative estimate of drug-likeness (QED) is 0.0540. The summed E-state index contributed by atoms with van der Waals surface area (Å²) in [6.45, 7) is 34.3. The minimum atomic E-state index is -3.79. The normalized spacial score (nSPS) is 17.8. The lowest BCUT2D eigenvalue weighted by atomic mass is 9.95. The van der Waals surface area contributed by atoms with Crippen molar-refractivity contribution in [3.05, 3.63) is 0 Å². The van der Waals surface area contributed by atoms with Crippen LogP contribution in [-0.2, 0) is 88.5 Å². The third kappa shape index (κ3) is 86.4. The van der Waals surface area contributed by atoms with E-state index < -0.39 is 62.7 Å². The van der Waals surface area contributed by atoms with Crippen molar-refractivity contribution in [3.63, 3.8) is 0 Å². The van der Waals surface area contributed by atoms with E-state index in [9.17, 15) is 16.8 Å². The number of aliphatic hydroxyl groups is 2. The highest BCUT2D eigenvalue weighted by Gasteiger charge is 2.17. The third-order valence-corrected chi connectivity index (χ3v) is 15.2. The summed E-state index contributed by atoms with van der Waals surface area (Å²) in [7, 11) is -17.9. The molecule has 0 aromatic heterocycles. The van der Waals surface area contributed by atoms with E-state index in [2.05, 4.69) is 84.1 Å². The summed E-state index contributed by atoms with van der Waals surface area (Å²) in [4.78, 5) is 14.4. The highest BCUT2D eigenvalue weighted by Crippen LogP contribution is 2.18. The molecule has 2 aliphatic carbocycles. The molecule has 4 heterocycles. The molecule has 0 atom stereocenters. The Hall–Kier alpha value is -1.70. The van der Waals surface area contributed by atoms with Crippen molar-refractivity contribution in [2.45, 2.75) is 131 Å². The van der Waals surface area contributed by atoms with Gasteiger partial charge >= 0.3 is 42.4 Å². The number of piperazine rings is 2. The summed E-state index contributed by atoms with van der Waals surface area (Å²) < 4.78 is 175. The summed E-state index contributed by atoms with van der Waals surface area (Å²) in [5.74, 6) is -0.309. The first kappa shape index (κ1) is 97.4. The Morgan fingerprint density at radius 3 is 0.989 bits per heavy atom. The van der Waals surface area contributed by atoms with Crippen LogP contribution in [0.15, 0.2) is 0 Å². The Labute approximate surface area is 539 Å². The predicted octanol–water partition coefficient (Wildman–Crippen LogP) is 0.248. The van der Waals surface area contributed by atoms with Crippen molar-refractivity contribution in [1.82, 2.24) is 40.0 Å². The fourth-order valence-corrected chi connectivity index (χ4v) is 9.67. The molecule has 6 fully saturated rings. The lowest BCUT2D eigenvalue weighted by Gasteiger charge is -2.34. The monoisotopic (exact) mass is 1430 g/mol. The maximum absolute atomic E-state index is 10.4. The SMILES string of the molecule is C.CCCN1CCN(CCO)CC1.CCCN1CCOCC1.CCN1CCN(CCO)CC1.CCN1CCOCC1.COP=S.O=S(=O)(O)CCCNC1CCCCC1.O=S(=O)(O)CCNC1CCCCC1.O=S(=O)=O.O=S(=O)=O.O=S(=O)=O.O=S(=O)=O. The van der Waals surface area contributed by atoms with E-state index in [1.54, 1.807) is 7.11 Å². The van der Waals surface area contributed by atoms with Crippen LogP contribution in [0.1, 0.15) is 119 Å². The molecule has 6 N–H and O–H groups in total. The van der Waals surface area contributed by atoms with Gasteiger partial charge in [-0.2, -0.15) is 16.8 Å². The molecule has 0 aromatic carbocycles. The zero-order valence-electron chi connectivity index (χ0n) is 51.7. The Kier molecular flexibility index (Phi) is 77.1. The number of hydrogen-bond acceptors (Lipinski definition) is 30. The number of hydrogen-bond donors (Lipinski definition) is 6. The van der Waals surface area contributed by atoms with E-state index in [0.717, 1.165) is 124 Å². The van der Waals surface area contributed by atoms with Gasteiger partial charge < -0.3 is 44.6 Å². The number of nitrogens with zero attached hydrogens (tertiary/aromatic N) is 6. The molecule has 0 unspecified atom stereocenters. The van der Waals surface area contributed by atoms with Crippen molar-refractivity contribution in [2.24, 2.45) is 0 Å². The predicted molar refractivity (Wildman–Crippen MR) is 340 cm³/mol. The lowest BCUT2D eigenvalue weighted by Crippen LogP contribution is -2.47. The Bertz CT molecular complexity index is 2120. The number of aliphatic hydroxyl groups excluding tert-OH is 2. The molecule has 0 spiro atoms. The van der Waals surface area contributed by atoms with Gasteiger partial charge in [0, 0.05) is 117 Å². The fraction of sp³-hybridized carbons (Fsp3) is 1.00. The number of β-amino-alcohol motifs (C(OH)–C–C–N with tert-alkyl or cyclic N) is 2. The smallest absolute Gasteiger partial charge is 0.395 e. The molecule has 31 nitrogen and oxygen atoms in total. The number of morpholine rings is 2. The Balaban J connectivity index is -0.000000216. The molecule has 0 aromatic rings. The summed E-state index contributed by atoms with van der Waals surface area (Å²) in [5.41, 5.74) is 0. The molecular weight excluding hydrogens is 1320 g/mol. The average molecular weight is 1430 g/mol. The van der Waals surface area contributed by atoms with E-state index >= 15 is 0 Å². The molecular formula is C49H109N8O23PS7. The molecule has 6 rings (SSSR count). The van der Waals surface area contributed by atoms with Gasteiger partial charge in [0.05, 0.1) is 51.1 Å². The second-order valence-electron chi connectivity index (χ2n) is 19.5. The van der Waals surface area contributed by atoms with Crippen LogP contribution in [-0.4, -0.2) is 317 Å². The molecule has 4 saturated heterocycles. The van der Waals surface area contributed by atoms with Crippen LogP contribution in [0.25, 0.3) is 0 Å². The van der Waals surface area contributed by atoms with E-state index in [1.165, 1.54) is 96.9 Å². The van der Waals surface area contributed by atoms with Gasteiger partial charge in [0.25, 0.3) is 20.2 Å². The van der Waals surface area contributed by atoms with Crippen molar-refractivity contribution in [1.29, 1.82) is 0 Å². The zero-order valence-corrected chi connectivity index (χ0v) is 58.3. The van der Waals surface area contributed by atoms with Crippen LogP contribution in [0.4, 0.5) is 0 Å². The minimum Gasteiger partial charge on any atom is -0.395 e. The van der Waals surface area contributed by atoms with Gasteiger partial charge in [0.15, 0.2) is 0 Å². The van der Waals surface area contributed by atoms with Crippen molar-refractivity contribution >= 4 is 82.1 Å². The first-order valence-electron chi connectivity index (χ1n) is 29.1. The summed E-state index contributed by atoms with van der Waals surface area (Å²) in [5, 5.41) is 23.9. The highest BCUT2D eigenvalue weighted by molar-refractivity contribution is 7.94. The van der Waals surface area contributed by atoms with Crippen LogP contribution < -0.4 is 10.6 Å². The number of likely N-dealkylation sites (N-methyl/N-ethyl adjacent to an activating group) is 2. The Morgan fingerprint density at radius 1 is 0.466 bits per heavy atom. The lowest BCUT2D eigenvalue weighted by molar-refractivity contribution is 0.0380. The zero-order chi connectivity index (χ0) is 67.2. The maximum atomic E-state index is 10.4. The molecule has 6 aliphatic rings. The number of rotatable bonds is 20. The van der Waals surface area contributed by atoms with Gasteiger partial charge in [-0.3, -0.25) is 28.7 Å². The molecule has 39 heteroatoms. The summed E-state index contributed by atoms with van der Waals surface area (Å²) in [6, 6.07) is 1.01. The summed E-state index contributed by atoms with van der Waals surface area (Å²) >= 11 is 4.30. The first-order chi connectivity index (χ1) is 41.1. The highest BCUT2D eigenvalue weighted by atomic mass is 32.4. The van der Waals surface area contributed by atoms with Gasteiger partial charge in [-0.25, -0.2) is 0 Å². The third-order valence-electron chi connectivity index (χ3n) is 13.0. The fourth-order valence-electron chi connectivity index (χ4n) is 8.79. The molecule has 2 saturated carbocycles.